The zero-order valence-electron chi connectivity index (χ0n) is 23.5. The van der Waals surface area contributed by atoms with Crippen LogP contribution in [0, 0.1) is 5.41 Å². The van der Waals surface area contributed by atoms with Gasteiger partial charge in [-0.15, -0.1) is 0 Å². The van der Waals surface area contributed by atoms with Gasteiger partial charge in [0.15, 0.2) is 0 Å². The fourth-order valence-electron chi connectivity index (χ4n) is 3.66. The van der Waals surface area contributed by atoms with Gasteiger partial charge in [0.1, 0.15) is 11.9 Å². The molecule has 3 rings (SSSR count). The van der Waals surface area contributed by atoms with E-state index in [4.69, 9.17) is 30.9 Å². The highest BCUT2D eigenvalue weighted by Gasteiger charge is 2.39. The molecule has 0 spiro atoms. The Hall–Kier alpha value is -4.71. The maximum absolute atomic E-state index is 12.6. The quantitative estimate of drug-likeness (QED) is 0.119. The number of aliphatic hydroxyl groups is 1. The van der Waals surface area contributed by atoms with Gasteiger partial charge in [0, 0.05) is 18.7 Å². The number of hydrogen-bond donors (Lipinski definition) is 8. The van der Waals surface area contributed by atoms with Crippen LogP contribution in [-0.2, 0) is 32.3 Å². The summed E-state index contributed by atoms with van der Waals surface area (Å²) in [6.45, 7) is 2.64. The van der Waals surface area contributed by atoms with Crippen molar-refractivity contribution in [3.05, 3.63) is 70.8 Å². The Morgan fingerprint density at radius 1 is 0.978 bits per heavy atom. The molecular formula is C27H31F6N5O7. The number of nitrogens with one attached hydrogen (secondary N) is 4. The smallest absolute Gasteiger partial charge is 0.475 e. The van der Waals surface area contributed by atoms with E-state index in [0.717, 1.165) is 16.7 Å². The van der Waals surface area contributed by atoms with Gasteiger partial charge in [-0.25, -0.2) is 9.59 Å². The van der Waals surface area contributed by atoms with Crippen molar-refractivity contribution < 1.29 is 60.8 Å². The lowest BCUT2D eigenvalue weighted by Crippen LogP contribution is -2.49. The Balaban J connectivity index is 0.000000601. The van der Waals surface area contributed by atoms with Gasteiger partial charge < -0.3 is 37.0 Å². The van der Waals surface area contributed by atoms with Gasteiger partial charge in [-0.05, 0) is 36.0 Å². The van der Waals surface area contributed by atoms with Crippen molar-refractivity contribution in [2.45, 2.75) is 56.9 Å². The van der Waals surface area contributed by atoms with Crippen molar-refractivity contribution in [3.8, 4) is 0 Å². The number of alkyl halides is 6. The Labute approximate surface area is 252 Å². The average molecular weight is 652 g/mol. The first kappa shape index (κ1) is 38.3. The minimum atomic E-state index is -5.08. The van der Waals surface area contributed by atoms with E-state index in [-0.39, 0.29) is 36.2 Å². The van der Waals surface area contributed by atoms with Crippen LogP contribution >= 0.6 is 0 Å². The molecule has 0 aromatic heterocycles. The molecule has 2 amide bonds. The van der Waals surface area contributed by atoms with Crippen molar-refractivity contribution in [1.82, 2.24) is 16.0 Å². The Morgan fingerprint density at radius 2 is 1.51 bits per heavy atom. The molecule has 1 aliphatic heterocycles. The maximum atomic E-state index is 12.6. The van der Waals surface area contributed by atoms with Gasteiger partial charge in [-0.1, -0.05) is 48.5 Å². The number of amides is 2. The van der Waals surface area contributed by atoms with Crippen molar-refractivity contribution in [3.63, 3.8) is 0 Å². The molecule has 2 aromatic rings. The molecule has 2 aromatic carbocycles. The van der Waals surface area contributed by atoms with E-state index in [1.807, 2.05) is 24.3 Å². The van der Waals surface area contributed by atoms with Gasteiger partial charge >= 0.3 is 24.3 Å². The molecule has 12 nitrogen and oxygen atoms in total. The molecule has 0 aliphatic carbocycles. The summed E-state index contributed by atoms with van der Waals surface area (Å²) in [7, 11) is 0. The van der Waals surface area contributed by atoms with Crippen molar-refractivity contribution >= 4 is 29.6 Å². The van der Waals surface area contributed by atoms with Crippen LogP contribution in [0.1, 0.15) is 41.5 Å². The number of amidine groups is 1. The summed E-state index contributed by atoms with van der Waals surface area (Å²) >= 11 is 0. The fourth-order valence-corrected chi connectivity index (χ4v) is 3.66. The van der Waals surface area contributed by atoms with E-state index in [1.165, 1.54) is 0 Å². The summed E-state index contributed by atoms with van der Waals surface area (Å²) in [5.74, 6) is -5.80. The largest absolute Gasteiger partial charge is 0.490 e. The van der Waals surface area contributed by atoms with Gasteiger partial charge in [0.05, 0.1) is 12.6 Å². The number of carboxylic acid groups (broad SMARTS) is 2. The van der Waals surface area contributed by atoms with E-state index >= 15 is 0 Å². The standard InChI is InChI=1S/C23H29N5O3.2C2HF3O2/c1-14(22(30)27-11-15-5-7-17(8-6-15)21(24)25)28-23(31)20-10-19(12-26-20)18-4-2-3-16(9-18)13-29;2*3-2(4,5)1(6)7/h2-9,14,19-20,26,29H,10-13H2,1H3,(H3,24,25)(H,27,30)(H,28,31);2*(H,6,7)/t14-,19-,20?;;/m0../s1. The molecule has 1 aliphatic rings. The first-order valence-corrected chi connectivity index (χ1v) is 12.8. The molecule has 45 heavy (non-hydrogen) atoms. The molecule has 1 heterocycles. The number of rotatable bonds is 8. The summed E-state index contributed by atoms with van der Waals surface area (Å²) in [6, 6.07) is 13.8. The number of halogens is 6. The second-order valence-electron chi connectivity index (χ2n) is 9.46. The average Bonchev–Trinajstić information content (AvgIpc) is 3.46. The SMILES string of the molecule is C[C@H](NC(=O)C1C[C@H](c2cccc(CO)c2)CN1)C(=O)NCc1ccc(C(=N)N)cc1.O=C(O)C(F)(F)F.O=C(O)C(F)(F)F. The lowest BCUT2D eigenvalue weighted by molar-refractivity contribution is -0.193. The monoisotopic (exact) mass is 651 g/mol. The molecule has 9 N–H and O–H groups in total. The summed E-state index contributed by atoms with van der Waals surface area (Å²) < 4.78 is 63.5. The Bertz CT molecular complexity index is 1310. The molecule has 1 saturated heterocycles. The van der Waals surface area contributed by atoms with Crippen LogP contribution < -0.4 is 21.7 Å². The van der Waals surface area contributed by atoms with Crippen LogP contribution in [0.25, 0.3) is 0 Å². The highest BCUT2D eigenvalue weighted by molar-refractivity contribution is 5.95. The summed E-state index contributed by atoms with van der Waals surface area (Å²) in [6.07, 6.45) is -9.53. The lowest BCUT2D eigenvalue weighted by atomic mass is 9.94. The number of carbonyl (C=O) groups is 4. The normalized spacial score (nSPS) is 16.5. The number of aliphatic carboxylic acids is 2. The van der Waals surface area contributed by atoms with E-state index in [0.29, 0.717) is 25.1 Å². The van der Waals surface area contributed by atoms with Crippen LogP contribution in [0.3, 0.4) is 0 Å². The van der Waals surface area contributed by atoms with Crippen LogP contribution in [-0.4, -0.2) is 75.9 Å². The molecular weight excluding hydrogens is 620 g/mol. The topological polar surface area (TPSA) is 215 Å². The van der Waals surface area contributed by atoms with E-state index in [2.05, 4.69) is 16.0 Å². The molecule has 18 heteroatoms. The summed E-state index contributed by atoms with van der Waals surface area (Å²) in [5, 5.41) is 39.8. The summed E-state index contributed by atoms with van der Waals surface area (Å²) in [5.41, 5.74) is 8.89. The number of nitrogens with two attached hydrogens (primary N) is 1. The highest BCUT2D eigenvalue weighted by atomic mass is 19.4. The number of hydrogen-bond acceptors (Lipinski definition) is 7. The molecule has 248 valence electrons. The van der Waals surface area contributed by atoms with Crippen molar-refractivity contribution in [1.29, 1.82) is 5.41 Å². The Kier molecular flexibility index (Phi) is 14.4. The van der Waals surface area contributed by atoms with E-state index in [9.17, 15) is 41.0 Å². The number of carboxylic acids is 2. The van der Waals surface area contributed by atoms with Crippen LogP contribution in [0.2, 0.25) is 0 Å². The number of nitrogen functional groups attached to an aromatic ring is 1. The highest BCUT2D eigenvalue weighted by Crippen LogP contribution is 2.26. The van der Waals surface area contributed by atoms with E-state index < -0.39 is 30.3 Å². The molecule has 0 radical (unpaired) electrons. The lowest BCUT2D eigenvalue weighted by Gasteiger charge is -2.17. The predicted molar refractivity (Wildman–Crippen MR) is 146 cm³/mol. The molecule has 1 unspecified atom stereocenters. The number of benzene rings is 2. The van der Waals surface area contributed by atoms with Crippen LogP contribution in [0.15, 0.2) is 48.5 Å². The number of carbonyl (C=O) groups excluding carboxylic acids is 2. The minimum absolute atomic E-state index is 0.00390. The zero-order chi connectivity index (χ0) is 34.5. The van der Waals surface area contributed by atoms with Gasteiger partial charge in [-0.3, -0.25) is 15.0 Å². The molecule has 0 saturated carbocycles. The minimum Gasteiger partial charge on any atom is -0.475 e. The van der Waals surface area contributed by atoms with Crippen LogP contribution in [0.4, 0.5) is 26.3 Å². The molecule has 1 fully saturated rings. The third kappa shape index (κ3) is 13.6. The fraction of sp³-hybridized carbons (Fsp3) is 0.370. The summed E-state index contributed by atoms with van der Waals surface area (Å²) in [4.78, 5) is 42.8. The third-order valence-electron chi connectivity index (χ3n) is 6.02. The Morgan fingerprint density at radius 3 is 1.98 bits per heavy atom. The maximum Gasteiger partial charge on any atom is 0.490 e. The van der Waals surface area contributed by atoms with Gasteiger partial charge in [-0.2, -0.15) is 26.3 Å². The van der Waals surface area contributed by atoms with Gasteiger partial charge in [0.2, 0.25) is 11.8 Å². The third-order valence-corrected chi connectivity index (χ3v) is 6.02. The predicted octanol–water partition coefficient (Wildman–Crippen LogP) is 2.00. The second kappa shape index (κ2) is 17.0. The number of aliphatic hydroxyl groups excluding tert-OH is 1. The second-order valence-corrected chi connectivity index (χ2v) is 9.46. The van der Waals surface area contributed by atoms with Crippen LogP contribution in [0.5, 0.6) is 0 Å². The first-order valence-electron chi connectivity index (χ1n) is 12.8. The van der Waals surface area contributed by atoms with Gasteiger partial charge in [0.25, 0.3) is 0 Å². The molecule has 3 atom stereocenters. The van der Waals surface area contributed by atoms with Crippen molar-refractivity contribution in [2.75, 3.05) is 6.54 Å². The van der Waals surface area contributed by atoms with E-state index in [1.54, 1.807) is 31.2 Å². The van der Waals surface area contributed by atoms with Crippen molar-refractivity contribution in [2.24, 2.45) is 5.73 Å². The zero-order valence-corrected chi connectivity index (χ0v) is 23.5. The first-order chi connectivity index (χ1) is 20.8. The molecule has 0 bridgehead atoms.